The topological polar surface area (TPSA) is 55.8 Å². The van der Waals surface area contributed by atoms with Crippen LogP contribution >= 0.6 is 12.4 Å². The Hall–Kier alpha value is -1.59. The minimum absolute atomic E-state index is 0. The highest BCUT2D eigenvalue weighted by Gasteiger charge is 2.50. The Morgan fingerprint density at radius 3 is 2.52 bits per heavy atom. The van der Waals surface area contributed by atoms with Gasteiger partial charge in [-0.25, -0.2) is 4.79 Å². The van der Waals surface area contributed by atoms with Crippen LogP contribution in [0.2, 0.25) is 0 Å². The van der Waals surface area contributed by atoms with Crippen molar-refractivity contribution < 1.29 is 19.1 Å². The second kappa shape index (κ2) is 7.32. The number of piperidine rings is 1. The minimum Gasteiger partial charge on any atom is -0.469 e. The monoisotopic (exact) mass is 339 g/mol. The van der Waals surface area contributed by atoms with Crippen LogP contribution in [0.25, 0.3) is 0 Å². The summed E-state index contributed by atoms with van der Waals surface area (Å²) in [6.45, 7) is 0. The summed E-state index contributed by atoms with van der Waals surface area (Å²) in [6.07, 6.45) is 2.26. The van der Waals surface area contributed by atoms with Gasteiger partial charge in [-0.1, -0.05) is 18.2 Å². The molecule has 2 aliphatic heterocycles. The molecule has 0 N–H and O–H groups in total. The van der Waals surface area contributed by atoms with E-state index in [1.54, 1.807) is 24.3 Å². The zero-order chi connectivity index (χ0) is 15.7. The van der Waals surface area contributed by atoms with Crippen LogP contribution in [0.15, 0.2) is 30.3 Å². The Kier molecular flexibility index (Phi) is 5.65. The fourth-order valence-electron chi connectivity index (χ4n) is 3.77. The fourth-order valence-corrected chi connectivity index (χ4v) is 3.77. The summed E-state index contributed by atoms with van der Waals surface area (Å²) in [5.74, 6) is -1.06. The van der Waals surface area contributed by atoms with Gasteiger partial charge in [-0.05, 0) is 32.0 Å². The molecule has 1 aromatic carbocycles. The van der Waals surface area contributed by atoms with Gasteiger partial charge >= 0.3 is 11.9 Å². The molecule has 5 nitrogen and oxygen atoms in total. The first kappa shape index (κ1) is 17.8. The lowest BCUT2D eigenvalue weighted by Gasteiger charge is -2.40. The van der Waals surface area contributed by atoms with Crippen molar-refractivity contribution in [3.63, 3.8) is 0 Å². The number of carbonyl (C=O) groups is 2. The van der Waals surface area contributed by atoms with Gasteiger partial charge in [0.25, 0.3) is 0 Å². The van der Waals surface area contributed by atoms with Crippen LogP contribution in [-0.4, -0.2) is 49.2 Å². The summed E-state index contributed by atoms with van der Waals surface area (Å²) in [7, 11) is 3.42. The van der Waals surface area contributed by atoms with Crippen LogP contribution in [0.5, 0.6) is 0 Å². The summed E-state index contributed by atoms with van der Waals surface area (Å²) in [5.41, 5.74) is 0.511. The van der Waals surface area contributed by atoms with Crippen LogP contribution in [0.3, 0.4) is 0 Å². The zero-order valence-electron chi connectivity index (χ0n) is 13.3. The maximum absolute atomic E-state index is 12.3. The third kappa shape index (κ3) is 3.35. The molecule has 6 heteroatoms. The smallest absolute Gasteiger partial charge is 0.338 e. The third-order valence-corrected chi connectivity index (χ3v) is 4.96. The molecule has 0 radical (unpaired) electrons. The molecular weight excluding hydrogens is 318 g/mol. The molecule has 2 heterocycles. The summed E-state index contributed by atoms with van der Waals surface area (Å²) in [6, 6.07) is 9.36. The normalized spacial score (nSPS) is 29.5. The quantitative estimate of drug-likeness (QED) is 0.791. The first-order chi connectivity index (χ1) is 10.6. The minimum atomic E-state index is -0.408. The van der Waals surface area contributed by atoms with Gasteiger partial charge < -0.3 is 9.47 Å². The molecule has 2 bridgehead atoms. The molecule has 0 aliphatic carbocycles. The van der Waals surface area contributed by atoms with E-state index in [0.717, 1.165) is 12.8 Å². The summed E-state index contributed by atoms with van der Waals surface area (Å²) >= 11 is 0. The van der Waals surface area contributed by atoms with Crippen LogP contribution in [0.4, 0.5) is 0 Å². The highest BCUT2D eigenvalue weighted by atomic mass is 35.5. The number of esters is 2. The van der Waals surface area contributed by atoms with E-state index in [1.165, 1.54) is 7.11 Å². The molecule has 2 fully saturated rings. The van der Waals surface area contributed by atoms with Crippen molar-refractivity contribution in [3.05, 3.63) is 35.9 Å². The molecule has 23 heavy (non-hydrogen) atoms. The van der Waals surface area contributed by atoms with Gasteiger partial charge in [0.15, 0.2) is 0 Å². The van der Waals surface area contributed by atoms with E-state index in [0.29, 0.717) is 18.0 Å². The number of hydrogen-bond acceptors (Lipinski definition) is 5. The van der Waals surface area contributed by atoms with Crippen LogP contribution in [0, 0.1) is 5.92 Å². The Bertz CT molecular complexity index is 565. The van der Waals surface area contributed by atoms with Crippen molar-refractivity contribution in [1.29, 1.82) is 0 Å². The maximum Gasteiger partial charge on any atom is 0.338 e. The highest BCUT2D eigenvalue weighted by molar-refractivity contribution is 5.89. The average Bonchev–Trinajstić information content (AvgIpc) is 2.78. The van der Waals surface area contributed by atoms with E-state index in [4.69, 9.17) is 9.47 Å². The number of benzene rings is 1. The second-order valence-corrected chi connectivity index (χ2v) is 6.06. The van der Waals surface area contributed by atoms with Crippen molar-refractivity contribution in [3.8, 4) is 0 Å². The van der Waals surface area contributed by atoms with E-state index in [-0.39, 0.29) is 30.4 Å². The van der Waals surface area contributed by atoms with Gasteiger partial charge in [0, 0.05) is 18.5 Å². The molecule has 0 aromatic heterocycles. The number of rotatable bonds is 3. The van der Waals surface area contributed by atoms with E-state index in [9.17, 15) is 9.59 Å². The van der Waals surface area contributed by atoms with E-state index < -0.39 is 12.0 Å². The Morgan fingerprint density at radius 1 is 1.17 bits per heavy atom. The van der Waals surface area contributed by atoms with Crippen LogP contribution in [-0.2, 0) is 14.3 Å². The van der Waals surface area contributed by atoms with Crippen molar-refractivity contribution >= 4 is 24.3 Å². The number of nitrogens with zero attached hydrogens (tertiary/aromatic N) is 1. The van der Waals surface area contributed by atoms with Gasteiger partial charge in [0.1, 0.15) is 12.0 Å². The molecule has 0 spiro atoms. The summed E-state index contributed by atoms with van der Waals surface area (Å²) < 4.78 is 10.6. The molecule has 0 unspecified atom stereocenters. The predicted octanol–water partition coefficient (Wildman–Crippen LogP) is 2.29. The van der Waals surface area contributed by atoms with Crippen molar-refractivity contribution in [2.75, 3.05) is 14.2 Å². The second-order valence-electron chi connectivity index (χ2n) is 6.06. The fraction of sp³-hybridized carbons (Fsp3) is 0.529. The highest BCUT2D eigenvalue weighted by Crippen LogP contribution is 2.40. The molecule has 0 saturated carbocycles. The van der Waals surface area contributed by atoms with Crippen LogP contribution < -0.4 is 0 Å². The number of ether oxygens (including phenoxy) is 2. The number of carbonyl (C=O) groups excluding carboxylic acids is 2. The molecule has 1 aromatic rings. The van der Waals surface area contributed by atoms with Crippen LogP contribution in [0.1, 0.15) is 29.6 Å². The first-order valence-electron chi connectivity index (χ1n) is 7.67. The van der Waals surface area contributed by atoms with Gasteiger partial charge in [0.05, 0.1) is 12.7 Å². The van der Waals surface area contributed by atoms with Crippen molar-refractivity contribution in [1.82, 2.24) is 4.90 Å². The van der Waals surface area contributed by atoms with E-state index >= 15 is 0 Å². The standard InChI is InChI=1S/C17H21NO4.ClH/c1-18-12-8-9-13(18)15(17(20)21-2)14(10-12)22-16(19)11-6-4-3-5-7-11;/h3-7,12-15H,8-10H2,1-2H3;1H/t12-,13-,14-,15-;/m0./s1. The lowest BCUT2D eigenvalue weighted by Crippen LogP contribution is -2.53. The molecule has 126 valence electrons. The number of methoxy groups -OCH3 is 1. The van der Waals surface area contributed by atoms with Gasteiger partial charge in [-0.3, -0.25) is 9.69 Å². The lowest BCUT2D eigenvalue weighted by molar-refractivity contribution is -0.156. The van der Waals surface area contributed by atoms with Gasteiger partial charge in [-0.15, -0.1) is 12.4 Å². The van der Waals surface area contributed by atoms with Crippen molar-refractivity contribution in [2.45, 2.75) is 37.5 Å². The third-order valence-electron chi connectivity index (χ3n) is 4.96. The molecule has 2 aliphatic rings. The SMILES string of the molecule is COC(=O)[C@@H]1[C@@H](OC(=O)c2ccccc2)C[C@@H]2CC[C@@H]1N2C.Cl. The Labute approximate surface area is 142 Å². The lowest BCUT2D eigenvalue weighted by atomic mass is 9.87. The summed E-state index contributed by atoms with van der Waals surface area (Å²) in [5, 5.41) is 0. The van der Waals surface area contributed by atoms with E-state index in [2.05, 4.69) is 4.90 Å². The Morgan fingerprint density at radius 2 is 1.87 bits per heavy atom. The van der Waals surface area contributed by atoms with Gasteiger partial charge in [0.2, 0.25) is 0 Å². The number of halogens is 1. The van der Waals surface area contributed by atoms with Crippen molar-refractivity contribution in [2.24, 2.45) is 5.92 Å². The molecule has 4 atom stereocenters. The molecular formula is C17H22ClNO4. The van der Waals surface area contributed by atoms with E-state index in [1.807, 2.05) is 13.1 Å². The predicted molar refractivity (Wildman–Crippen MR) is 87.6 cm³/mol. The van der Waals surface area contributed by atoms with Gasteiger partial charge in [-0.2, -0.15) is 0 Å². The zero-order valence-corrected chi connectivity index (χ0v) is 14.1. The molecule has 3 rings (SSSR count). The number of fused-ring (bicyclic) bond motifs is 2. The molecule has 0 amide bonds. The number of hydrogen-bond donors (Lipinski definition) is 0. The Balaban J connectivity index is 0.00000192. The maximum atomic E-state index is 12.3. The first-order valence-corrected chi connectivity index (χ1v) is 7.67. The molecule has 2 saturated heterocycles. The summed E-state index contributed by atoms with van der Waals surface area (Å²) in [4.78, 5) is 26.7. The largest absolute Gasteiger partial charge is 0.469 e. The average molecular weight is 340 g/mol.